The van der Waals surface area contributed by atoms with E-state index < -0.39 is 0 Å². The van der Waals surface area contributed by atoms with E-state index in [-0.39, 0.29) is 26.1 Å². The average Bonchev–Trinajstić information content (AvgIpc) is 3.90. The van der Waals surface area contributed by atoms with Gasteiger partial charge in [0.05, 0.1) is 5.82 Å². The number of hydrogen-bond donors (Lipinski definition) is 0. The number of nitrogens with zero attached hydrogens (tertiary/aromatic N) is 7. The molecule has 7 aromatic rings. The SMILES string of the molecule is CC(C)N1[CH-]N(c2[c-]cc3c(c2)c2ccccc2n3-c2ccccc2)N=N1.CC(C)c1cccc(C(C)C)c1-n1ccnc1-c1[c-]cccc1.[Ir+3]. The zero-order valence-electron chi connectivity index (χ0n) is 29.8. The first-order chi connectivity index (χ1) is 24.3. The predicted molar refractivity (Wildman–Crippen MR) is 204 cm³/mol. The maximum Gasteiger partial charge on any atom is 3.00 e. The molecule has 1 aliphatic heterocycles. The first-order valence-electron chi connectivity index (χ1n) is 17.3. The molecule has 51 heavy (non-hydrogen) atoms. The van der Waals surface area contributed by atoms with E-state index in [2.05, 4.69) is 163 Å². The van der Waals surface area contributed by atoms with Crippen molar-refractivity contribution in [2.45, 2.75) is 59.4 Å². The van der Waals surface area contributed by atoms with E-state index in [4.69, 9.17) is 0 Å². The number of hydrogen-bond acceptors (Lipinski definition) is 5. The van der Waals surface area contributed by atoms with Crippen LogP contribution in [0.3, 0.4) is 0 Å². The Morgan fingerprint density at radius 1 is 0.686 bits per heavy atom. The minimum atomic E-state index is 0. The zero-order valence-corrected chi connectivity index (χ0v) is 32.2. The zero-order chi connectivity index (χ0) is 34.8. The van der Waals surface area contributed by atoms with Crippen LogP contribution >= 0.6 is 0 Å². The van der Waals surface area contributed by atoms with Crippen LogP contribution < -0.4 is 5.01 Å². The summed E-state index contributed by atoms with van der Waals surface area (Å²) in [5.74, 6) is 1.86. The van der Waals surface area contributed by atoms with Crippen molar-refractivity contribution in [3.05, 3.63) is 152 Å². The molecule has 258 valence electrons. The number of benzene rings is 5. The smallest absolute Gasteiger partial charge is 0.400 e. The molecule has 0 unspecified atom stereocenters. The molecule has 0 bridgehead atoms. The van der Waals surface area contributed by atoms with E-state index in [1.807, 2.05) is 48.2 Å². The Morgan fingerprint density at radius 2 is 1.39 bits per heavy atom. The Labute approximate surface area is 314 Å². The van der Waals surface area contributed by atoms with Gasteiger partial charge < -0.3 is 19.2 Å². The van der Waals surface area contributed by atoms with Crippen molar-refractivity contribution in [3.8, 4) is 22.8 Å². The molecule has 0 saturated carbocycles. The molecule has 0 fully saturated rings. The molecule has 1 aliphatic rings. The second-order valence-corrected chi connectivity index (χ2v) is 13.4. The molecule has 0 atom stereocenters. The third-order valence-electron chi connectivity index (χ3n) is 9.02. The molecule has 0 spiro atoms. The van der Waals surface area contributed by atoms with Gasteiger partial charge in [0.25, 0.3) is 0 Å². The van der Waals surface area contributed by atoms with Gasteiger partial charge in [-0.25, -0.2) is 0 Å². The van der Waals surface area contributed by atoms with Gasteiger partial charge in [-0.1, -0.05) is 104 Å². The van der Waals surface area contributed by atoms with Crippen LogP contribution in [0.15, 0.2) is 132 Å². The van der Waals surface area contributed by atoms with E-state index in [1.54, 1.807) is 5.01 Å². The topological polar surface area (TPSA) is 53.9 Å². The van der Waals surface area contributed by atoms with Gasteiger partial charge in [0.15, 0.2) is 0 Å². The number of rotatable bonds is 7. The first-order valence-corrected chi connectivity index (χ1v) is 17.3. The molecule has 0 aliphatic carbocycles. The van der Waals surface area contributed by atoms with E-state index >= 15 is 0 Å². The van der Waals surface area contributed by atoms with Gasteiger partial charge in [0.2, 0.25) is 0 Å². The Hall–Kier alpha value is -5.04. The summed E-state index contributed by atoms with van der Waals surface area (Å²) in [4.78, 5) is 4.60. The monoisotopic (exact) mass is 849 g/mol. The van der Waals surface area contributed by atoms with Crippen molar-refractivity contribution in [1.29, 1.82) is 0 Å². The van der Waals surface area contributed by atoms with Crippen LogP contribution in [-0.4, -0.2) is 25.2 Å². The molecule has 8 heteroatoms. The fraction of sp³-hybridized carbons (Fsp3) is 0.209. The van der Waals surface area contributed by atoms with Crippen molar-refractivity contribution in [3.63, 3.8) is 0 Å². The third kappa shape index (κ3) is 7.12. The summed E-state index contributed by atoms with van der Waals surface area (Å²) in [6, 6.07) is 44.6. The molecular formula is C43H42IrN7. The van der Waals surface area contributed by atoms with E-state index in [0.717, 1.165) is 28.3 Å². The maximum atomic E-state index is 4.60. The van der Waals surface area contributed by atoms with Crippen LogP contribution in [0.1, 0.15) is 64.5 Å². The number of anilines is 1. The number of imidazole rings is 1. The molecule has 5 aromatic carbocycles. The van der Waals surface area contributed by atoms with Gasteiger partial charge in [-0.3, -0.25) is 4.98 Å². The summed E-state index contributed by atoms with van der Waals surface area (Å²) in [5, 5.41) is 14.4. The molecule has 3 heterocycles. The molecule has 2 aromatic heterocycles. The Kier molecular flexibility index (Phi) is 10.8. The molecule has 0 saturated heterocycles. The standard InChI is InChI=1S/C22H19N5.C21H23N2.Ir/c1-16(2)25-15-26(24-23-25)18-12-13-22-20(14-18)19-10-6-7-11-21(19)27(22)17-8-4-3-5-9-17;1-15(2)18-11-8-12-19(16(3)4)20(18)23-14-13-22-21(23)17-9-6-5-7-10-17;/h3-11,13-16H,1-2H3;5-9,11-16H,1-4H3;/q-2;-1;+3. The summed E-state index contributed by atoms with van der Waals surface area (Å²) in [6.07, 6.45) is 3.93. The summed E-state index contributed by atoms with van der Waals surface area (Å²) in [7, 11) is 0. The predicted octanol–water partition coefficient (Wildman–Crippen LogP) is 11.1. The summed E-state index contributed by atoms with van der Waals surface area (Å²) < 4.78 is 4.50. The third-order valence-corrected chi connectivity index (χ3v) is 9.02. The first kappa shape index (κ1) is 35.8. The van der Waals surface area contributed by atoms with E-state index in [1.165, 1.54) is 33.1 Å². The second-order valence-electron chi connectivity index (χ2n) is 13.4. The minimum Gasteiger partial charge on any atom is -0.400 e. The van der Waals surface area contributed by atoms with Crippen molar-refractivity contribution < 1.29 is 20.1 Å². The van der Waals surface area contributed by atoms with Crippen LogP contribution in [-0.2, 0) is 20.1 Å². The number of fused-ring (bicyclic) bond motifs is 3. The fourth-order valence-electron chi connectivity index (χ4n) is 6.49. The van der Waals surface area contributed by atoms with Gasteiger partial charge in [-0.2, -0.15) is 12.1 Å². The molecule has 0 N–H and O–H groups in total. The Balaban J connectivity index is 0.000000175. The molecular weight excluding hydrogens is 807 g/mol. The summed E-state index contributed by atoms with van der Waals surface area (Å²) >= 11 is 0. The number of aromatic nitrogens is 3. The summed E-state index contributed by atoms with van der Waals surface area (Å²) in [6.45, 7) is 15.0. The fourth-order valence-corrected chi connectivity index (χ4v) is 6.49. The molecule has 8 rings (SSSR count). The number of para-hydroxylation sites is 3. The molecule has 0 amide bonds. The van der Waals surface area contributed by atoms with Crippen LogP contribution in [0.4, 0.5) is 5.69 Å². The van der Waals surface area contributed by atoms with Gasteiger partial charge in [0, 0.05) is 35.3 Å². The molecule has 7 nitrogen and oxygen atoms in total. The van der Waals surface area contributed by atoms with Gasteiger partial charge in [-0.15, -0.1) is 54.0 Å². The van der Waals surface area contributed by atoms with E-state index in [9.17, 15) is 0 Å². The van der Waals surface area contributed by atoms with Gasteiger partial charge >= 0.3 is 20.1 Å². The van der Waals surface area contributed by atoms with Crippen molar-refractivity contribution >= 4 is 27.5 Å². The average molecular weight is 849 g/mol. The van der Waals surface area contributed by atoms with Crippen LogP contribution in [0.25, 0.3) is 44.6 Å². The maximum absolute atomic E-state index is 4.60. The van der Waals surface area contributed by atoms with Crippen molar-refractivity contribution in [2.75, 3.05) is 5.01 Å². The van der Waals surface area contributed by atoms with Gasteiger partial charge in [0.1, 0.15) is 0 Å². The van der Waals surface area contributed by atoms with E-state index in [0.29, 0.717) is 11.8 Å². The Morgan fingerprint density at radius 3 is 2.06 bits per heavy atom. The molecule has 0 radical (unpaired) electrons. The largest absolute Gasteiger partial charge is 3.00 e. The van der Waals surface area contributed by atoms with Crippen LogP contribution in [0.5, 0.6) is 0 Å². The second kappa shape index (κ2) is 15.5. The quantitative estimate of drug-likeness (QED) is 0.150. The van der Waals surface area contributed by atoms with Crippen molar-refractivity contribution in [1.82, 2.24) is 19.1 Å². The van der Waals surface area contributed by atoms with Crippen LogP contribution in [0.2, 0.25) is 0 Å². The summed E-state index contributed by atoms with van der Waals surface area (Å²) in [5.41, 5.74) is 9.32. The van der Waals surface area contributed by atoms with Gasteiger partial charge in [-0.05, 0) is 60.4 Å². The normalized spacial score (nSPS) is 12.6. The van der Waals surface area contributed by atoms with Crippen LogP contribution in [0, 0.1) is 18.8 Å². The van der Waals surface area contributed by atoms with Crippen molar-refractivity contribution in [2.24, 2.45) is 10.4 Å². The minimum absolute atomic E-state index is 0. The Bertz CT molecular complexity index is 2230.